The van der Waals surface area contributed by atoms with Crippen molar-refractivity contribution in [3.8, 4) is 23.0 Å². The minimum atomic E-state index is -1.13. The second-order valence-corrected chi connectivity index (χ2v) is 10.7. The standard InChI is InChI=1S/2C17H16O3.Ni/c2*1-10(2)12-7-8-15-13(16(12)17(18)19)9-11-5-3-4-6-14(11)20-15;/h2*3-8,10H,9H2,1-2H3,(H,18,19);/q;;+2/p-2. The molecule has 2 heterocycles. The molecule has 0 unspecified atom stereocenters. The first-order chi connectivity index (χ1) is 19.2. The van der Waals surface area contributed by atoms with E-state index in [9.17, 15) is 19.8 Å². The third kappa shape index (κ3) is 5.87. The van der Waals surface area contributed by atoms with Crippen LogP contribution in [0.1, 0.15) is 93.6 Å². The molecule has 0 aromatic heterocycles. The quantitative estimate of drug-likeness (QED) is 0.242. The number of carboxylic acid groups (broad SMARTS) is 2. The molecule has 0 aliphatic carbocycles. The van der Waals surface area contributed by atoms with Crippen molar-refractivity contribution in [3.63, 3.8) is 0 Å². The van der Waals surface area contributed by atoms with E-state index >= 15 is 0 Å². The van der Waals surface area contributed by atoms with Gasteiger partial charge in [0.15, 0.2) is 0 Å². The number of carbonyl (C=O) groups excluding carboxylic acids is 2. The van der Waals surface area contributed by atoms with Gasteiger partial charge >= 0.3 is 16.5 Å². The molecule has 41 heavy (non-hydrogen) atoms. The Balaban J connectivity index is 0.000000184. The molecule has 6 rings (SSSR count). The van der Waals surface area contributed by atoms with Crippen LogP contribution in [0.25, 0.3) is 0 Å². The van der Waals surface area contributed by atoms with Crippen LogP contribution in [0.2, 0.25) is 0 Å². The van der Waals surface area contributed by atoms with E-state index in [-0.39, 0.29) is 39.5 Å². The average molecular weight is 593 g/mol. The maximum Gasteiger partial charge on any atom is 2.00 e. The van der Waals surface area contributed by atoms with Gasteiger partial charge in [-0.15, -0.1) is 0 Å². The topological polar surface area (TPSA) is 98.7 Å². The van der Waals surface area contributed by atoms with Gasteiger partial charge in [-0.1, -0.05) is 76.2 Å². The van der Waals surface area contributed by atoms with Gasteiger partial charge in [0.2, 0.25) is 0 Å². The van der Waals surface area contributed by atoms with Crippen LogP contribution in [0.3, 0.4) is 0 Å². The summed E-state index contributed by atoms with van der Waals surface area (Å²) < 4.78 is 11.6. The predicted molar refractivity (Wildman–Crippen MR) is 148 cm³/mol. The largest absolute Gasteiger partial charge is 2.00 e. The molecule has 0 amide bonds. The first-order valence-corrected chi connectivity index (χ1v) is 13.4. The van der Waals surface area contributed by atoms with Gasteiger partial charge in [-0.25, -0.2) is 0 Å². The molecule has 0 spiro atoms. The summed E-state index contributed by atoms with van der Waals surface area (Å²) in [6, 6.07) is 22.7. The fraction of sp³-hybridized carbons (Fsp3) is 0.235. The molecule has 6 nitrogen and oxygen atoms in total. The van der Waals surface area contributed by atoms with Crippen molar-refractivity contribution >= 4 is 11.9 Å². The van der Waals surface area contributed by atoms with Gasteiger partial charge in [-0.3, -0.25) is 0 Å². The number of carbonyl (C=O) groups is 2. The van der Waals surface area contributed by atoms with Gasteiger partial charge in [-0.2, -0.15) is 0 Å². The van der Waals surface area contributed by atoms with Crippen molar-refractivity contribution in [2.24, 2.45) is 0 Å². The summed E-state index contributed by atoms with van der Waals surface area (Å²) in [5.74, 6) is 0.820. The zero-order valence-electron chi connectivity index (χ0n) is 23.3. The number of carboxylic acids is 2. The van der Waals surface area contributed by atoms with Gasteiger partial charge in [-0.05, 0) is 58.4 Å². The second kappa shape index (κ2) is 12.2. The molecule has 4 aromatic carbocycles. The van der Waals surface area contributed by atoms with Crippen molar-refractivity contribution in [2.75, 3.05) is 0 Å². The molecule has 0 fully saturated rings. The summed E-state index contributed by atoms with van der Waals surface area (Å²) in [4.78, 5) is 23.1. The summed E-state index contributed by atoms with van der Waals surface area (Å²) in [5, 5.41) is 23.1. The first-order valence-electron chi connectivity index (χ1n) is 13.4. The van der Waals surface area contributed by atoms with Crippen LogP contribution in [0, 0.1) is 0 Å². The third-order valence-corrected chi connectivity index (χ3v) is 7.38. The zero-order valence-corrected chi connectivity index (χ0v) is 24.3. The predicted octanol–water partition coefficient (Wildman–Crippen LogP) is 5.74. The summed E-state index contributed by atoms with van der Waals surface area (Å²) in [6.45, 7) is 7.91. The number of para-hydroxylation sites is 2. The van der Waals surface area contributed by atoms with Gasteiger partial charge in [0.25, 0.3) is 0 Å². The summed E-state index contributed by atoms with van der Waals surface area (Å²) >= 11 is 0. The number of rotatable bonds is 4. The smallest absolute Gasteiger partial charge is 0.545 e. The molecule has 212 valence electrons. The molecule has 0 saturated carbocycles. The Morgan fingerprint density at radius 1 is 0.585 bits per heavy atom. The maximum absolute atomic E-state index is 11.5. The molecule has 0 saturated heterocycles. The first kappa shape index (κ1) is 29.9. The number of hydrogen-bond acceptors (Lipinski definition) is 6. The molecule has 4 aromatic rings. The Morgan fingerprint density at radius 3 is 1.29 bits per heavy atom. The van der Waals surface area contributed by atoms with Crippen LogP contribution in [0.15, 0.2) is 72.8 Å². The van der Waals surface area contributed by atoms with Gasteiger partial charge < -0.3 is 29.3 Å². The van der Waals surface area contributed by atoms with Crippen molar-refractivity contribution in [3.05, 3.63) is 117 Å². The SMILES string of the molecule is CC(C)c1ccc2c(c1C(=O)[O-])Cc1ccccc1O2.CC(C)c1ccc2c(c1C(=O)[O-])Cc1ccccc1O2.[Ni+2]. The van der Waals surface area contributed by atoms with Crippen LogP contribution >= 0.6 is 0 Å². The fourth-order valence-corrected chi connectivity index (χ4v) is 5.40. The van der Waals surface area contributed by atoms with Crippen molar-refractivity contribution in [2.45, 2.75) is 52.4 Å². The molecule has 7 heteroatoms. The van der Waals surface area contributed by atoms with Crippen molar-refractivity contribution in [1.29, 1.82) is 0 Å². The summed E-state index contributed by atoms with van der Waals surface area (Å²) in [5.41, 5.74) is 5.61. The Bertz CT molecular complexity index is 1500. The van der Waals surface area contributed by atoms with Crippen LogP contribution in [-0.2, 0) is 29.3 Å². The molecular formula is C34H30NiO6. The third-order valence-electron chi connectivity index (χ3n) is 7.38. The van der Waals surface area contributed by atoms with Gasteiger partial charge in [0.05, 0.1) is 11.9 Å². The van der Waals surface area contributed by atoms with Gasteiger partial charge in [0, 0.05) is 35.1 Å². The van der Waals surface area contributed by atoms with E-state index in [0.717, 1.165) is 44.9 Å². The van der Waals surface area contributed by atoms with E-state index in [2.05, 4.69) is 0 Å². The summed E-state index contributed by atoms with van der Waals surface area (Å²) in [7, 11) is 0. The van der Waals surface area contributed by atoms with Crippen molar-refractivity contribution in [1.82, 2.24) is 0 Å². The van der Waals surface area contributed by atoms with Crippen LogP contribution in [-0.4, -0.2) is 11.9 Å². The Hall–Kier alpha value is -4.09. The number of fused-ring (bicyclic) bond motifs is 4. The van der Waals surface area contributed by atoms with E-state index in [1.165, 1.54) is 0 Å². The van der Waals surface area contributed by atoms with Crippen LogP contribution in [0.5, 0.6) is 23.0 Å². The van der Waals surface area contributed by atoms with Gasteiger partial charge in [0.1, 0.15) is 23.0 Å². The van der Waals surface area contributed by atoms with E-state index in [4.69, 9.17) is 9.47 Å². The van der Waals surface area contributed by atoms with Crippen LogP contribution in [0.4, 0.5) is 0 Å². The van der Waals surface area contributed by atoms with E-state index < -0.39 is 11.9 Å². The maximum atomic E-state index is 11.5. The molecule has 2 aliphatic rings. The molecule has 0 atom stereocenters. The second-order valence-electron chi connectivity index (χ2n) is 10.7. The minimum Gasteiger partial charge on any atom is -0.545 e. The van der Waals surface area contributed by atoms with E-state index in [1.807, 2.05) is 100 Å². The Kier molecular flexibility index (Phi) is 8.89. The summed E-state index contributed by atoms with van der Waals surface area (Å²) in [6.07, 6.45) is 1.13. The number of hydrogen-bond donors (Lipinski definition) is 0. The molecule has 0 radical (unpaired) electrons. The number of ether oxygens (including phenoxy) is 2. The molecule has 0 N–H and O–H groups in total. The van der Waals surface area contributed by atoms with E-state index in [1.54, 1.807) is 0 Å². The Morgan fingerprint density at radius 2 is 0.951 bits per heavy atom. The van der Waals surface area contributed by atoms with E-state index in [0.29, 0.717) is 24.3 Å². The number of aromatic carboxylic acids is 2. The van der Waals surface area contributed by atoms with Crippen LogP contribution < -0.4 is 19.7 Å². The monoisotopic (exact) mass is 592 g/mol. The number of benzene rings is 4. The van der Waals surface area contributed by atoms with Crippen molar-refractivity contribution < 1.29 is 45.8 Å². The fourth-order valence-electron chi connectivity index (χ4n) is 5.40. The Labute approximate surface area is 249 Å². The molecular weight excluding hydrogens is 563 g/mol. The normalized spacial score (nSPS) is 12.2. The average Bonchev–Trinajstić information content (AvgIpc) is 2.93. The zero-order chi connectivity index (χ0) is 28.6. The molecule has 0 bridgehead atoms. The minimum absolute atomic E-state index is 0. The molecule has 2 aliphatic heterocycles.